The molecule has 1 saturated heterocycles. The van der Waals surface area contributed by atoms with Crippen molar-refractivity contribution < 1.29 is 14.3 Å². The molecule has 3 rings (SSSR count). The lowest BCUT2D eigenvalue weighted by molar-refractivity contribution is -0.134. The van der Waals surface area contributed by atoms with E-state index in [1.807, 2.05) is 11.8 Å². The summed E-state index contributed by atoms with van der Waals surface area (Å²) in [6, 6.07) is 1.77. The lowest BCUT2D eigenvalue weighted by Crippen LogP contribution is -2.50. The van der Waals surface area contributed by atoms with Crippen LogP contribution >= 0.6 is 11.3 Å². The minimum Gasteiger partial charge on any atom is -0.451 e. The second kappa shape index (κ2) is 7.56. The van der Waals surface area contributed by atoms with Gasteiger partial charge in [-0.05, 0) is 19.9 Å². The van der Waals surface area contributed by atoms with Crippen LogP contribution in [0.25, 0.3) is 0 Å². The number of piperazine rings is 1. The van der Waals surface area contributed by atoms with Gasteiger partial charge in [0.25, 0.3) is 5.91 Å². The van der Waals surface area contributed by atoms with Gasteiger partial charge in [0.2, 0.25) is 5.95 Å². The van der Waals surface area contributed by atoms with Gasteiger partial charge >= 0.3 is 5.97 Å². The van der Waals surface area contributed by atoms with Gasteiger partial charge in [0.15, 0.2) is 6.61 Å². The standard InChI is InChI=1S/C16H19N5O3S/c1-11-14(25-12(2)19-11)15(23)24-10-13(22)20-6-8-21(9-7-20)16-17-4-3-5-18-16/h3-5H,6-10H2,1-2H3. The number of carbonyl (C=O) groups excluding carboxylic acids is 2. The zero-order valence-electron chi connectivity index (χ0n) is 14.1. The van der Waals surface area contributed by atoms with Gasteiger partial charge < -0.3 is 14.5 Å². The van der Waals surface area contributed by atoms with Gasteiger partial charge in [0, 0.05) is 38.6 Å². The maximum absolute atomic E-state index is 12.3. The number of rotatable bonds is 4. The normalized spacial score (nSPS) is 14.5. The molecule has 2 aromatic heterocycles. The van der Waals surface area contributed by atoms with Crippen molar-refractivity contribution in [2.75, 3.05) is 37.7 Å². The maximum Gasteiger partial charge on any atom is 0.350 e. The molecule has 3 heterocycles. The number of thiazole rings is 1. The summed E-state index contributed by atoms with van der Waals surface area (Å²) in [6.45, 7) is 5.73. The van der Waals surface area contributed by atoms with Gasteiger partial charge in [0.05, 0.1) is 10.7 Å². The predicted molar refractivity (Wildman–Crippen MR) is 92.7 cm³/mol. The average Bonchev–Trinajstić information content (AvgIpc) is 2.98. The number of aromatic nitrogens is 3. The highest BCUT2D eigenvalue weighted by atomic mass is 32.1. The second-order valence-corrected chi connectivity index (χ2v) is 6.84. The van der Waals surface area contributed by atoms with Crippen molar-refractivity contribution >= 4 is 29.2 Å². The van der Waals surface area contributed by atoms with Crippen LogP contribution in [0, 0.1) is 13.8 Å². The van der Waals surface area contributed by atoms with Crippen molar-refractivity contribution in [3.63, 3.8) is 0 Å². The molecular weight excluding hydrogens is 342 g/mol. The number of carbonyl (C=O) groups is 2. The lowest BCUT2D eigenvalue weighted by Gasteiger charge is -2.34. The molecular formula is C16H19N5O3S. The molecule has 2 aromatic rings. The van der Waals surface area contributed by atoms with Crippen LogP contribution in [0.4, 0.5) is 5.95 Å². The summed E-state index contributed by atoms with van der Waals surface area (Å²) < 4.78 is 5.15. The Morgan fingerprint density at radius 2 is 1.84 bits per heavy atom. The Balaban J connectivity index is 1.48. The molecule has 0 N–H and O–H groups in total. The van der Waals surface area contributed by atoms with E-state index in [9.17, 15) is 9.59 Å². The molecule has 1 aliphatic heterocycles. The first-order valence-electron chi connectivity index (χ1n) is 7.95. The van der Waals surface area contributed by atoms with Crippen LogP contribution < -0.4 is 4.90 Å². The van der Waals surface area contributed by atoms with E-state index in [2.05, 4.69) is 15.0 Å². The molecule has 25 heavy (non-hydrogen) atoms. The van der Waals surface area contributed by atoms with Crippen molar-refractivity contribution in [1.29, 1.82) is 0 Å². The highest BCUT2D eigenvalue weighted by Gasteiger charge is 2.24. The predicted octanol–water partition coefficient (Wildman–Crippen LogP) is 1.06. The van der Waals surface area contributed by atoms with Gasteiger partial charge in [-0.3, -0.25) is 4.79 Å². The van der Waals surface area contributed by atoms with Crippen LogP contribution in [0.15, 0.2) is 18.5 Å². The van der Waals surface area contributed by atoms with Crippen LogP contribution in [0.2, 0.25) is 0 Å². The fourth-order valence-corrected chi connectivity index (χ4v) is 3.43. The number of amides is 1. The van der Waals surface area contributed by atoms with Crippen molar-refractivity contribution in [2.45, 2.75) is 13.8 Å². The summed E-state index contributed by atoms with van der Waals surface area (Å²) in [7, 11) is 0. The number of hydrogen-bond donors (Lipinski definition) is 0. The molecule has 1 aliphatic rings. The van der Waals surface area contributed by atoms with Crippen LogP contribution in [0.1, 0.15) is 20.4 Å². The molecule has 0 aromatic carbocycles. The Kier molecular flexibility index (Phi) is 5.22. The molecule has 0 aliphatic carbocycles. The minimum atomic E-state index is -0.493. The van der Waals surface area contributed by atoms with Gasteiger partial charge in [-0.25, -0.2) is 19.7 Å². The third-order valence-electron chi connectivity index (χ3n) is 3.88. The summed E-state index contributed by atoms with van der Waals surface area (Å²) in [4.78, 5) is 41.1. The molecule has 0 unspecified atom stereocenters. The van der Waals surface area contributed by atoms with E-state index in [0.29, 0.717) is 42.7 Å². The number of ether oxygens (including phenoxy) is 1. The van der Waals surface area contributed by atoms with Gasteiger partial charge in [-0.15, -0.1) is 11.3 Å². The van der Waals surface area contributed by atoms with E-state index < -0.39 is 5.97 Å². The van der Waals surface area contributed by atoms with E-state index in [1.165, 1.54) is 11.3 Å². The molecule has 1 fully saturated rings. The Labute approximate surface area is 149 Å². The van der Waals surface area contributed by atoms with Crippen LogP contribution in [0.5, 0.6) is 0 Å². The number of anilines is 1. The van der Waals surface area contributed by atoms with E-state index in [4.69, 9.17) is 4.74 Å². The number of aryl methyl sites for hydroxylation is 2. The maximum atomic E-state index is 12.3. The zero-order chi connectivity index (χ0) is 17.8. The SMILES string of the molecule is Cc1nc(C)c(C(=O)OCC(=O)N2CCN(c3ncccn3)CC2)s1. The fourth-order valence-electron chi connectivity index (χ4n) is 2.62. The van der Waals surface area contributed by atoms with Gasteiger partial charge in [-0.2, -0.15) is 0 Å². The first-order chi connectivity index (χ1) is 12.0. The van der Waals surface area contributed by atoms with E-state index in [0.717, 1.165) is 5.01 Å². The molecule has 9 heteroatoms. The largest absolute Gasteiger partial charge is 0.451 e. The third kappa shape index (κ3) is 4.11. The van der Waals surface area contributed by atoms with Crippen LogP contribution in [-0.2, 0) is 9.53 Å². The summed E-state index contributed by atoms with van der Waals surface area (Å²) in [5.41, 5.74) is 0.636. The summed E-state index contributed by atoms with van der Waals surface area (Å²) in [5, 5.41) is 0.801. The van der Waals surface area contributed by atoms with Crippen LogP contribution in [-0.4, -0.2) is 64.5 Å². The Morgan fingerprint density at radius 3 is 2.44 bits per heavy atom. The number of nitrogens with zero attached hydrogens (tertiary/aromatic N) is 5. The van der Waals surface area contributed by atoms with Crippen LogP contribution in [0.3, 0.4) is 0 Å². The van der Waals surface area contributed by atoms with Crippen molar-refractivity contribution in [3.05, 3.63) is 34.0 Å². The number of esters is 1. The van der Waals surface area contributed by atoms with Crippen molar-refractivity contribution in [3.8, 4) is 0 Å². The molecule has 132 valence electrons. The summed E-state index contributed by atoms with van der Waals surface area (Å²) >= 11 is 1.28. The second-order valence-electron chi connectivity index (χ2n) is 5.64. The first-order valence-corrected chi connectivity index (χ1v) is 8.77. The van der Waals surface area contributed by atoms with E-state index in [-0.39, 0.29) is 12.5 Å². The van der Waals surface area contributed by atoms with Crippen molar-refractivity contribution in [1.82, 2.24) is 19.9 Å². The van der Waals surface area contributed by atoms with Crippen molar-refractivity contribution in [2.24, 2.45) is 0 Å². The third-order valence-corrected chi connectivity index (χ3v) is 4.94. The molecule has 8 nitrogen and oxygen atoms in total. The molecule has 0 atom stereocenters. The smallest absolute Gasteiger partial charge is 0.350 e. The van der Waals surface area contributed by atoms with Gasteiger partial charge in [-0.1, -0.05) is 0 Å². The van der Waals surface area contributed by atoms with Gasteiger partial charge in [0.1, 0.15) is 4.88 Å². The summed E-state index contributed by atoms with van der Waals surface area (Å²) in [6.07, 6.45) is 3.39. The van der Waals surface area contributed by atoms with E-state index >= 15 is 0 Å². The molecule has 0 radical (unpaired) electrons. The zero-order valence-corrected chi connectivity index (χ0v) is 15.0. The summed E-state index contributed by atoms with van der Waals surface area (Å²) in [5.74, 6) is -0.0225. The molecule has 0 spiro atoms. The first kappa shape index (κ1) is 17.3. The molecule has 0 saturated carbocycles. The quantitative estimate of drug-likeness (QED) is 0.752. The average molecular weight is 361 g/mol. The Morgan fingerprint density at radius 1 is 1.16 bits per heavy atom. The molecule has 0 bridgehead atoms. The van der Waals surface area contributed by atoms with E-state index in [1.54, 1.807) is 30.3 Å². The Hall–Kier alpha value is -2.55. The highest BCUT2D eigenvalue weighted by Crippen LogP contribution is 2.18. The Bertz CT molecular complexity index is 756. The minimum absolute atomic E-state index is 0.194. The lowest BCUT2D eigenvalue weighted by atomic mass is 10.3. The number of hydrogen-bond acceptors (Lipinski definition) is 8. The molecule has 1 amide bonds. The topological polar surface area (TPSA) is 88.5 Å². The fraction of sp³-hybridized carbons (Fsp3) is 0.438. The monoisotopic (exact) mass is 361 g/mol. The highest BCUT2D eigenvalue weighted by molar-refractivity contribution is 7.13.